The molecule has 1 aliphatic heterocycles. The van der Waals surface area contributed by atoms with Crippen LogP contribution >= 0.6 is 23.2 Å². The highest BCUT2D eigenvalue weighted by Crippen LogP contribution is 2.22. The number of halogens is 2. The van der Waals surface area contributed by atoms with Gasteiger partial charge in [-0.3, -0.25) is 9.59 Å². The summed E-state index contributed by atoms with van der Waals surface area (Å²) < 4.78 is 5.36. The van der Waals surface area contributed by atoms with E-state index >= 15 is 0 Å². The molecular formula is C19H18Cl2N2O3. The number of rotatable bonds is 3. The molecule has 2 aromatic rings. The molecule has 1 heterocycles. The topological polar surface area (TPSA) is 58.6 Å². The largest absolute Gasteiger partial charge is 0.377 e. The number of benzene rings is 2. The fraction of sp³-hybridized carbons (Fsp3) is 0.263. The maximum Gasteiger partial charge on any atom is 0.257 e. The minimum absolute atomic E-state index is 0.0422. The summed E-state index contributed by atoms with van der Waals surface area (Å²) >= 11 is 11.9. The summed E-state index contributed by atoms with van der Waals surface area (Å²) in [6.07, 6.45) is 0. The number of hydrogen-bond donors (Lipinski definition) is 1. The molecule has 0 aliphatic carbocycles. The van der Waals surface area contributed by atoms with Crippen molar-refractivity contribution in [3.8, 4) is 0 Å². The second kappa shape index (κ2) is 8.08. The summed E-state index contributed by atoms with van der Waals surface area (Å²) in [5.74, 6) is -0.382. The zero-order valence-corrected chi connectivity index (χ0v) is 15.7. The fourth-order valence-electron chi connectivity index (χ4n) is 2.76. The number of ether oxygens (including phenoxy) is 1. The van der Waals surface area contributed by atoms with Gasteiger partial charge in [0, 0.05) is 22.8 Å². The Labute approximate surface area is 161 Å². The Morgan fingerprint density at radius 3 is 2.54 bits per heavy atom. The number of carbonyl (C=O) groups excluding carboxylic acids is 2. The number of carbonyl (C=O) groups is 2. The molecule has 1 N–H and O–H groups in total. The highest BCUT2D eigenvalue weighted by atomic mass is 35.5. The maximum absolute atomic E-state index is 12.6. The quantitative estimate of drug-likeness (QED) is 0.854. The number of nitrogens with zero attached hydrogens (tertiary/aromatic N) is 1. The van der Waals surface area contributed by atoms with Crippen molar-refractivity contribution in [1.29, 1.82) is 0 Å². The zero-order chi connectivity index (χ0) is 18.7. The van der Waals surface area contributed by atoms with Gasteiger partial charge in [-0.1, -0.05) is 23.2 Å². The molecule has 26 heavy (non-hydrogen) atoms. The summed E-state index contributed by atoms with van der Waals surface area (Å²) in [5, 5.41) is 3.51. The van der Waals surface area contributed by atoms with Crippen LogP contribution in [0.5, 0.6) is 0 Å². The SMILES string of the molecule is CC1COCCN1C(=O)c1ccc(NC(=O)c2ccc(Cl)cc2Cl)cc1. The van der Waals surface area contributed by atoms with Gasteiger partial charge in [-0.2, -0.15) is 0 Å². The van der Waals surface area contributed by atoms with Gasteiger partial charge in [0.1, 0.15) is 0 Å². The smallest absolute Gasteiger partial charge is 0.257 e. The number of hydrogen-bond acceptors (Lipinski definition) is 3. The van der Waals surface area contributed by atoms with E-state index in [0.29, 0.717) is 41.6 Å². The third-order valence-corrected chi connectivity index (χ3v) is 4.74. The van der Waals surface area contributed by atoms with E-state index < -0.39 is 0 Å². The minimum Gasteiger partial charge on any atom is -0.377 e. The lowest BCUT2D eigenvalue weighted by Crippen LogP contribution is -2.47. The fourth-order valence-corrected chi connectivity index (χ4v) is 3.26. The van der Waals surface area contributed by atoms with Crippen LogP contribution in [0.25, 0.3) is 0 Å². The summed E-state index contributed by atoms with van der Waals surface area (Å²) in [6.45, 7) is 3.63. The molecule has 0 radical (unpaired) electrons. The summed E-state index contributed by atoms with van der Waals surface area (Å²) in [5.41, 5.74) is 1.48. The van der Waals surface area contributed by atoms with Crippen LogP contribution in [0.3, 0.4) is 0 Å². The van der Waals surface area contributed by atoms with Crippen molar-refractivity contribution in [3.05, 3.63) is 63.6 Å². The van der Waals surface area contributed by atoms with Crippen LogP contribution in [0.4, 0.5) is 5.69 Å². The van der Waals surface area contributed by atoms with Gasteiger partial charge in [-0.25, -0.2) is 0 Å². The van der Waals surface area contributed by atoms with E-state index in [2.05, 4.69) is 5.32 Å². The number of morpholine rings is 1. The zero-order valence-electron chi connectivity index (χ0n) is 14.2. The molecule has 1 atom stereocenters. The average molecular weight is 393 g/mol. The van der Waals surface area contributed by atoms with Gasteiger partial charge in [0.25, 0.3) is 11.8 Å². The first-order chi connectivity index (χ1) is 12.5. The van der Waals surface area contributed by atoms with Crippen molar-refractivity contribution in [2.45, 2.75) is 13.0 Å². The van der Waals surface area contributed by atoms with E-state index in [1.165, 1.54) is 6.07 Å². The van der Waals surface area contributed by atoms with Gasteiger partial charge in [-0.15, -0.1) is 0 Å². The molecule has 0 bridgehead atoms. The van der Waals surface area contributed by atoms with Gasteiger partial charge < -0.3 is 15.0 Å². The molecule has 136 valence electrons. The monoisotopic (exact) mass is 392 g/mol. The lowest BCUT2D eigenvalue weighted by Gasteiger charge is -2.33. The molecule has 0 saturated carbocycles. The van der Waals surface area contributed by atoms with Gasteiger partial charge in [0.15, 0.2) is 0 Å². The maximum atomic E-state index is 12.6. The van der Waals surface area contributed by atoms with Crippen molar-refractivity contribution in [2.24, 2.45) is 0 Å². The van der Waals surface area contributed by atoms with Crippen molar-refractivity contribution >= 4 is 40.7 Å². The molecule has 0 aromatic heterocycles. The Balaban J connectivity index is 1.69. The molecule has 5 nitrogen and oxygen atoms in total. The van der Waals surface area contributed by atoms with Crippen LogP contribution in [-0.4, -0.2) is 42.5 Å². The predicted octanol–water partition coefficient (Wildman–Crippen LogP) is 4.11. The summed E-state index contributed by atoms with van der Waals surface area (Å²) in [7, 11) is 0. The third kappa shape index (κ3) is 4.18. The molecule has 1 saturated heterocycles. The lowest BCUT2D eigenvalue weighted by molar-refractivity contribution is 0.00359. The third-order valence-electron chi connectivity index (χ3n) is 4.19. The second-order valence-electron chi connectivity index (χ2n) is 6.08. The highest BCUT2D eigenvalue weighted by molar-refractivity contribution is 6.37. The highest BCUT2D eigenvalue weighted by Gasteiger charge is 2.24. The molecular weight excluding hydrogens is 375 g/mol. The van der Waals surface area contributed by atoms with E-state index in [1.807, 2.05) is 6.92 Å². The molecule has 2 amide bonds. The normalized spacial score (nSPS) is 17.0. The summed E-state index contributed by atoms with van der Waals surface area (Å²) in [4.78, 5) is 26.7. The minimum atomic E-state index is -0.340. The van der Waals surface area contributed by atoms with Crippen LogP contribution in [0.2, 0.25) is 10.0 Å². The Morgan fingerprint density at radius 2 is 1.88 bits per heavy atom. The predicted molar refractivity (Wildman–Crippen MR) is 102 cm³/mol. The molecule has 2 aromatic carbocycles. The van der Waals surface area contributed by atoms with Crippen molar-refractivity contribution < 1.29 is 14.3 Å². The average Bonchev–Trinajstić information content (AvgIpc) is 2.62. The standard InChI is InChI=1S/C19H18Cl2N2O3/c1-12-11-26-9-8-23(12)19(25)13-2-5-15(6-3-13)22-18(24)16-7-4-14(20)10-17(16)21/h2-7,10,12H,8-9,11H2,1H3,(H,22,24). The van der Waals surface area contributed by atoms with E-state index in [4.69, 9.17) is 27.9 Å². The first-order valence-corrected chi connectivity index (χ1v) is 8.96. The first-order valence-electron chi connectivity index (χ1n) is 8.21. The molecule has 1 aliphatic rings. The van der Waals surface area contributed by atoms with Crippen LogP contribution in [0.1, 0.15) is 27.6 Å². The number of nitrogens with one attached hydrogen (secondary N) is 1. The molecule has 3 rings (SSSR count). The van der Waals surface area contributed by atoms with E-state index in [-0.39, 0.29) is 22.9 Å². The van der Waals surface area contributed by atoms with Gasteiger partial charge in [0.05, 0.1) is 29.8 Å². The number of amides is 2. The van der Waals surface area contributed by atoms with Crippen molar-refractivity contribution in [3.63, 3.8) is 0 Å². The Morgan fingerprint density at radius 1 is 1.15 bits per heavy atom. The lowest BCUT2D eigenvalue weighted by atomic mass is 10.1. The Hall–Kier alpha value is -2.08. The molecule has 0 spiro atoms. The first kappa shape index (κ1) is 18.7. The van der Waals surface area contributed by atoms with Crippen LogP contribution in [-0.2, 0) is 4.74 Å². The Bertz CT molecular complexity index is 824. The van der Waals surface area contributed by atoms with Crippen molar-refractivity contribution in [2.75, 3.05) is 25.1 Å². The van der Waals surface area contributed by atoms with E-state index in [1.54, 1.807) is 41.3 Å². The van der Waals surface area contributed by atoms with Gasteiger partial charge in [0.2, 0.25) is 0 Å². The van der Waals surface area contributed by atoms with E-state index in [9.17, 15) is 9.59 Å². The van der Waals surface area contributed by atoms with Gasteiger partial charge >= 0.3 is 0 Å². The molecule has 1 fully saturated rings. The van der Waals surface area contributed by atoms with Crippen molar-refractivity contribution in [1.82, 2.24) is 4.90 Å². The number of anilines is 1. The molecule has 7 heteroatoms. The van der Waals surface area contributed by atoms with Crippen LogP contribution < -0.4 is 5.32 Å². The van der Waals surface area contributed by atoms with Crippen LogP contribution in [0, 0.1) is 0 Å². The van der Waals surface area contributed by atoms with Crippen LogP contribution in [0.15, 0.2) is 42.5 Å². The second-order valence-corrected chi connectivity index (χ2v) is 6.92. The van der Waals surface area contributed by atoms with E-state index in [0.717, 1.165) is 0 Å². The van der Waals surface area contributed by atoms with Gasteiger partial charge in [-0.05, 0) is 49.4 Å². The molecule has 1 unspecified atom stereocenters. The summed E-state index contributed by atoms with van der Waals surface area (Å²) in [6, 6.07) is 11.5. The Kier molecular flexibility index (Phi) is 5.81.